The second kappa shape index (κ2) is 9.65. The molecule has 33 heavy (non-hydrogen) atoms. The minimum Gasteiger partial charge on any atom is -0.345 e. The van der Waals surface area contributed by atoms with Crippen LogP contribution < -0.4 is 5.32 Å². The fraction of sp³-hybridized carbons (Fsp3) is 0.231. The molecule has 4 rings (SSSR count). The van der Waals surface area contributed by atoms with Gasteiger partial charge in [0.1, 0.15) is 5.82 Å². The van der Waals surface area contributed by atoms with Crippen LogP contribution in [-0.2, 0) is 24.9 Å². The normalized spacial score (nSPS) is 11.3. The van der Waals surface area contributed by atoms with Crippen LogP contribution in [0.5, 0.6) is 0 Å². The summed E-state index contributed by atoms with van der Waals surface area (Å²) in [5, 5.41) is 15.8. The highest BCUT2D eigenvalue weighted by molar-refractivity contribution is 5.92. The molecule has 0 fully saturated rings. The lowest BCUT2D eigenvalue weighted by molar-refractivity contribution is -0.116. The number of nitrogens with one attached hydrogen (secondary N) is 1. The van der Waals surface area contributed by atoms with E-state index in [1.807, 2.05) is 53.7 Å². The molecule has 0 aliphatic rings. The summed E-state index contributed by atoms with van der Waals surface area (Å²) in [5.41, 5.74) is 6.37. The van der Waals surface area contributed by atoms with Gasteiger partial charge in [-0.15, -0.1) is 10.2 Å². The molecular formula is C26H28N6O. The first-order chi connectivity index (χ1) is 15.9. The molecule has 1 amide bonds. The van der Waals surface area contributed by atoms with Crippen molar-refractivity contribution in [2.45, 2.75) is 33.9 Å². The summed E-state index contributed by atoms with van der Waals surface area (Å²) in [6, 6.07) is 16.5. The minimum atomic E-state index is -0.197. The van der Waals surface area contributed by atoms with Crippen LogP contribution in [-0.4, -0.2) is 30.5 Å². The number of aromatic nitrogens is 5. The summed E-state index contributed by atoms with van der Waals surface area (Å²) in [4.78, 5) is 12.5. The smallest absolute Gasteiger partial charge is 0.244 e. The molecule has 0 aliphatic carbocycles. The highest BCUT2D eigenvalue weighted by atomic mass is 16.1. The van der Waals surface area contributed by atoms with Crippen molar-refractivity contribution in [1.82, 2.24) is 29.9 Å². The van der Waals surface area contributed by atoms with Gasteiger partial charge in [-0.3, -0.25) is 9.48 Å². The molecule has 0 radical (unpaired) electrons. The van der Waals surface area contributed by atoms with E-state index in [0.717, 1.165) is 22.6 Å². The van der Waals surface area contributed by atoms with Crippen LogP contribution in [0.1, 0.15) is 33.9 Å². The second-order valence-electron chi connectivity index (χ2n) is 8.19. The molecule has 0 atom stereocenters. The zero-order valence-electron chi connectivity index (χ0n) is 19.4. The summed E-state index contributed by atoms with van der Waals surface area (Å²) in [6.45, 7) is 7.04. The first-order valence-corrected chi connectivity index (χ1v) is 10.9. The molecule has 0 unspecified atom stereocenters. The number of carbonyl (C=O) groups is 1. The maximum Gasteiger partial charge on any atom is 0.244 e. The Morgan fingerprint density at radius 1 is 1.03 bits per heavy atom. The number of nitrogens with zero attached hydrogens (tertiary/aromatic N) is 5. The van der Waals surface area contributed by atoms with Gasteiger partial charge in [0.25, 0.3) is 0 Å². The van der Waals surface area contributed by atoms with Crippen molar-refractivity contribution >= 4 is 12.0 Å². The van der Waals surface area contributed by atoms with Gasteiger partial charge in [0, 0.05) is 30.4 Å². The molecule has 2 heterocycles. The Kier molecular flexibility index (Phi) is 6.49. The Balaban J connectivity index is 1.57. The molecule has 1 N–H and O–H groups in total. The zero-order chi connectivity index (χ0) is 23.4. The molecule has 4 aromatic rings. The predicted molar refractivity (Wildman–Crippen MR) is 129 cm³/mol. The van der Waals surface area contributed by atoms with Crippen LogP contribution in [0.15, 0.2) is 60.8 Å². The quantitative estimate of drug-likeness (QED) is 0.441. The van der Waals surface area contributed by atoms with E-state index in [-0.39, 0.29) is 5.91 Å². The lowest BCUT2D eigenvalue weighted by Crippen LogP contribution is -2.22. The molecule has 0 saturated carbocycles. The van der Waals surface area contributed by atoms with Crippen LogP contribution in [0.4, 0.5) is 0 Å². The molecule has 168 valence electrons. The number of rotatable bonds is 7. The van der Waals surface area contributed by atoms with Crippen molar-refractivity contribution in [2.75, 3.05) is 0 Å². The summed E-state index contributed by atoms with van der Waals surface area (Å²) in [6.07, 6.45) is 5.33. The van der Waals surface area contributed by atoms with Gasteiger partial charge in [-0.1, -0.05) is 42.5 Å². The van der Waals surface area contributed by atoms with Gasteiger partial charge in [-0.05, 0) is 49.6 Å². The van der Waals surface area contributed by atoms with E-state index in [9.17, 15) is 4.79 Å². The third-order valence-electron chi connectivity index (χ3n) is 5.78. The van der Waals surface area contributed by atoms with Gasteiger partial charge in [0.15, 0.2) is 5.82 Å². The lowest BCUT2D eigenvalue weighted by Gasteiger charge is -2.05. The van der Waals surface area contributed by atoms with Gasteiger partial charge < -0.3 is 9.88 Å². The number of hydrogen-bond acceptors (Lipinski definition) is 4. The highest BCUT2D eigenvalue weighted by Crippen LogP contribution is 2.26. The van der Waals surface area contributed by atoms with E-state index >= 15 is 0 Å². The Bertz CT molecular complexity index is 1300. The Labute approximate surface area is 193 Å². The number of hydrogen-bond donors (Lipinski definition) is 1. The molecule has 0 aliphatic heterocycles. The Morgan fingerprint density at radius 2 is 1.82 bits per heavy atom. The van der Waals surface area contributed by atoms with Crippen molar-refractivity contribution in [2.24, 2.45) is 7.05 Å². The highest BCUT2D eigenvalue weighted by Gasteiger charge is 2.12. The maximum absolute atomic E-state index is 12.5. The van der Waals surface area contributed by atoms with E-state index < -0.39 is 0 Å². The van der Waals surface area contributed by atoms with Crippen molar-refractivity contribution in [3.05, 3.63) is 94.7 Å². The Hall–Kier alpha value is -4.00. The van der Waals surface area contributed by atoms with Gasteiger partial charge >= 0.3 is 0 Å². The number of carbonyl (C=O) groups excluding carboxylic acids is 1. The third kappa shape index (κ3) is 5.26. The SMILES string of the molecule is Cc1ccc(-c2nn(Cc3ccccc3)cc2C=CC(=O)NCc2nnc(C)n2C)cc1C. The fourth-order valence-corrected chi connectivity index (χ4v) is 3.52. The Morgan fingerprint density at radius 3 is 2.52 bits per heavy atom. The van der Waals surface area contributed by atoms with Crippen LogP contribution in [0.25, 0.3) is 17.3 Å². The average Bonchev–Trinajstić information content (AvgIpc) is 3.36. The zero-order valence-corrected chi connectivity index (χ0v) is 19.4. The average molecular weight is 441 g/mol. The second-order valence-corrected chi connectivity index (χ2v) is 8.19. The van der Waals surface area contributed by atoms with E-state index in [0.29, 0.717) is 18.9 Å². The first-order valence-electron chi connectivity index (χ1n) is 10.9. The molecule has 0 saturated heterocycles. The van der Waals surface area contributed by atoms with E-state index in [1.165, 1.54) is 22.8 Å². The van der Waals surface area contributed by atoms with Crippen LogP contribution in [0.3, 0.4) is 0 Å². The van der Waals surface area contributed by atoms with Crippen LogP contribution in [0, 0.1) is 20.8 Å². The van der Waals surface area contributed by atoms with Gasteiger partial charge in [-0.2, -0.15) is 5.10 Å². The molecular weight excluding hydrogens is 412 g/mol. The molecule has 7 heteroatoms. The monoisotopic (exact) mass is 440 g/mol. The fourth-order valence-electron chi connectivity index (χ4n) is 3.52. The number of aryl methyl sites for hydroxylation is 3. The summed E-state index contributed by atoms with van der Waals surface area (Å²) in [5.74, 6) is 1.32. The molecule has 0 bridgehead atoms. The number of amides is 1. The van der Waals surface area contributed by atoms with Crippen molar-refractivity contribution < 1.29 is 4.79 Å². The summed E-state index contributed by atoms with van der Waals surface area (Å²) in [7, 11) is 1.88. The molecule has 2 aromatic carbocycles. The summed E-state index contributed by atoms with van der Waals surface area (Å²) < 4.78 is 3.77. The van der Waals surface area contributed by atoms with Crippen LogP contribution in [0.2, 0.25) is 0 Å². The predicted octanol–water partition coefficient (Wildman–Crippen LogP) is 3.98. The van der Waals surface area contributed by atoms with Crippen molar-refractivity contribution in [1.29, 1.82) is 0 Å². The van der Waals surface area contributed by atoms with Crippen LogP contribution >= 0.6 is 0 Å². The maximum atomic E-state index is 12.5. The third-order valence-corrected chi connectivity index (χ3v) is 5.78. The van der Waals surface area contributed by atoms with Gasteiger partial charge in [-0.25, -0.2) is 0 Å². The molecule has 2 aromatic heterocycles. The molecule has 0 spiro atoms. The first kappa shape index (κ1) is 22.2. The van der Waals surface area contributed by atoms with Gasteiger partial charge in [0.05, 0.1) is 18.8 Å². The molecule has 7 nitrogen and oxygen atoms in total. The van der Waals surface area contributed by atoms with Crippen molar-refractivity contribution in [3.63, 3.8) is 0 Å². The lowest BCUT2D eigenvalue weighted by atomic mass is 10.0. The van der Waals surface area contributed by atoms with Crippen molar-refractivity contribution in [3.8, 4) is 11.3 Å². The summed E-state index contributed by atoms with van der Waals surface area (Å²) >= 11 is 0. The number of benzene rings is 2. The minimum absolute atomic E-state index is 0.197. The van der Waals surface area contributed by atoms with Gasteiger partial charge in [0.2, 0.25) is 5.91 Å². The van der Waals surface area contributed by atoms with E-state index in [4.69, 9.17) is 5.10 Å². The topological polar surface area (TPSA) is 77.6 Å². The van der Waals surface area contributed by atoms with E-state index in [2.05, 4.69) is 59.7 Å². The standard InChI is InChI=1S/C26H28N6O/c1-18-10-11-22(14-19(18)2)26-23(17-32(30-26)16-21-8-6-5-7-9-21)12-13-25(33)27-15-24-29-28-20(3)31(24)4/h5-14,17H,15-16H2,1-4H3,(H,27,33). The largest absolute Gasteiger partial charge is 0.345 e. The van der Waals surface area contributed by atoms with E-state index in [1.54, 1.807) is 0 Å².